The van der Waals surface area contributed by atoms with Crippen LogP contribution in [-0.2, 0) is 11.2 Å². The van der Waals surface area contributed by atoms with Crippen molar-refractivity contribution in [1.29, 1.82) is 0 Å². The van der Waals surface area contributed by atoms with Crippen LogP contribution in [0.15, 0.2) is 30.9 Å². The van der Waals surface area contributed by atoms with Gasteiger partial charge in [0.15, 0.2) is 0 Å². The van der Waals surface area contributed by atoms with Crippen molar-refractivity contribution < 1.29 is 9.53 Å². The van der Waals surface area contributed by atoms with Crippen LogP contribution in [0.5, 0.6) is 0 Å². The van der Waals surface area contributed by atoms with Crippen LogP contribution in [0.4, 0.5) is 0 Å². The van der Waals surface area contributed by atoms with Crippen LogP contribution in [0.2, 0.25) is 0 Å². The highest BCUT2D eigenvalue weighted by molar-refractivity contribution is 5.90. The van der Waals surface area contributed by atoms with Gasteiger partial charge in [-0.3, -0.25) is 4.79 Å². The number of amides is 1. The van der Waals surface area contributed by atoms with Gasteiger partial charge in [0, 0.05) is 36.9 Å². The third-order valence-electron chi connectivity index (χ3n) is 3.77. The van der Waals surface area contributed by atoms with Gasteiger partial charge in [0.1, 0.15) is 6.33 Å². The van der Waals surface area contributed by atoms with E-state index in [1.165, 1.54) is 0 Å². The summed E-state index contributed by atoms with van der Waals surface area (Å²) in [6, 6.07) is 3.67. The SMILES string of the molecule is Cc1cc(CC[C@@H]2CN(C(=O)c3ncccn3)CCO2)ncn1. The number of ether oxygens (including phenoxy) is 1. The van der Waals surface area contributed by atoms with Crippen LogP contribution in [-0.4, -0.2) is 56.5 Å². The quantitative estimate of drug-likeness (QED) is 0.839. The fourth-order valence-electron chi connectivity index (χ4n) is 2.58. The van der Waals surface area contributed by atoms with E-state index in [1.54, 1.807) is 29.7 Å². The number of aryl methyl sites for hydroxylation is 2. The first-order valence-corrected chi connectivity index (χ1v) is 7.68. The van der Waals surface area contributed by atoms with Gasteiger partial charge in [-0.1, -0.05) is 0 Å². The van der Waals surface area contributed by atoms with Gasteiger partial charge < -0.3 is 9.64 Å². The normalized spacial score (nSPS) is 18.0. The van der Waals surface area contributed by atoms with Crippen LogP contribution in [0.1, 0.15) is 28.4 Å². The van der Waals surface area contributed by atoms with E-state index in [1.807, 2.05) is 13.0 Å². The van der Waals surface area contributed by atoms with Gasteiger partial charge in [-0.05, 0) is 31.9 Å². The molecule has 2 aromatic rings. The molecule has 3 rings (SSSR count). The molecule has 1 amide bonds. The summed E-state index contributed by atoms with van der Waals surface area (Å²) >= 11 is 0. The molecular formula is C16H19N5O2. The van der Waals surface area contributed by atoms with Crippen molar-refractivity contribution in [3.8, 4) is 0 Å². The number of morpholine rings is 1. The maximum atomic E-state index is 12.4. The summed E-state index contributed by atoms with van der Waals surface area (Å²) in [5, 5.41) is 0. The van der Waals surface area contributed by atoms with Crippen LogP contribution in [0, 0.1) is 6.92 Å². The summed E-state index contributed by atoms with van der Waals surface area (Å²) < 4.78 is 5.77. The molecule has 1 aliphatic heterocycles. The summed E-state index contributed by atoms with van der Waals surface area (Å²) in [4.78, 5) is 30.5. The average molecular weight is 313 g/mol. The van der Waals surface area contributed by atoms with E-state index in [0.717, 1.165) is 24.2 Å². The minimum atomic E-state index is -0.142. The molecule has 0 bridgehead atoms. The zero-order chi connectivity index (χ0) is 16.1. The Morgan fingerprint density at radius 1 is 1.30 bits per heavy atom. The Balaban J connectivity index is 1.57. The van der Waals surface area contributed by atoms with E-state index in [2.05, 4.69) is 19.9 Å². The smallest absolute Gasteiger partial charge is 0.291 e. The Morgan fingerprint density at radius 2 is 2.13 bits per heavy atom. The predicted octanol–water partition coefficient (Wildman–Crippen LogP) is 1.05. The number of hydrogen-bond acceptors (Lipinski definition) is 6. The summed E-state index contributed by atoms with van der Waals surface area (Å²) in [7, 11) is 0. The fourth-order valence-corrected chi connectivity index (χ4v) is 2.58. The van der Waals surface area contributed by atoms with Gasteiger partial charge in [0.2, 0.25) is 5.82 Å². The molecule has 0 N–H and O–H groups in total. The van der Waals surface area contributed by atoms with Crippen LogP contribution in [0.3, 0.4) is 0 Å². The van der Waals surface area contributed by atoms with Crippen molar-refractivity contribution in [1.82, 2.24) is 24.8 Å². The molecule has 0 aliphatic carbocycles. The second kappa shape index (κ2) is 7.23. The topological polar surface area (TPSA) is 81.1 Å². The molecule has 1 fully saturated rings. The molecule has 120 valence electrons. The molecule has 0 saturated carbocycles. The average Bonchev–Trinajstić information content (AvgIpc) is 2.60. The van der Waals surface area contributed by atoms with Gasteiger partial charge in [-0.25, -0.2) is 19.9 Å². The largest absolute Gasteiger partial charge is 0.375 e. The molecule has 7 heteroatoms. The van der Waals surface area contributed by atoms with E-state index in [-0.39, 0.29) is 17.8 Å². The first-order valence-electron chi connectivity index (χ1n) is 7.68. The molecule has 0 radical (unpaired) electrons. The molecule has 23 heavy (non-hydrogen) atoms. The Hall–Kier alpha value is -2.41. The molecule has 0 spiro atoms. The number of nitrogens with zero attached hydrogens (tertiary/aromatic N) is 5. The summed E-state index contributed by atoms with van der Waals surface area (Å²) in [6.07, 6.45) is 6.36. The third kappa shape index (κ3) is 4.07. The lowest BCUT2D eigenvalue weighted by Crippen LogP contribution is -2.46. The second-order valence-electron chi connectivity index (χ2n) is 5.51. The molecule has 2 aromatic heterocycles. The van der Waals surface area contributed by atoms with Gasteiger partial charge in [-0.2, -0.15) is 0 Å². The van der Waals surface area contributed by atoms with Crippen molar-refractivity contribution in [2.45, 2.75) is 25.9 Å². The van der Waals surface area contributed by atoms with Crippen LogP contribution < -0.4 is 0 Å². The van der Waals surface area contributed by atoms with Crippen molar-refractivity contribution >= 4 is 5.91 Å². The highest BCUT2D eigenvalue weighted by atomic mass is 16.5. The number of rotatable bonds is 4. The van der Waals surface area contributed by atoms with Crippen LogP contribution in [0.25, 0.3) is 0 Å². The van der Waals surface area contributed by atoms with Crippen LogP contribution >= 0.6 is 0 Å². The lowest BCUT2D eigenvalue weighted by Gasteiger charge is -2.32. The molecule has 7 nitrogen and oxygen atoms in total. The molecule has 1 saturated heterocycles. The molecule has 0 aromatic carbocycles. The van der Waals surface area contributed by atoms with Crippen molar-refractivity contribution in [3.05, 3.63) is 48.1 Å². The highest BCUT2D eigenvalue weighted by Gasteiger charge is 2.26. The minimum Gasteiger partial charge on any atom is -0.375 e. The third-order valence-corrected chi connectivity index (χ3v) is 3.77. The maximum Gasteiger partial charge on any atom is 0.291 e. The number of carbonyl (C=O) groups excluding carboxylic acids is 1. The fraction of sp³-hybridized carbons (Fsp3) is 0.438. The van der Waals surface area contributed by atoms with Crippen molar-refractivity contribution in [2.24, 2.45) is 0 Å². The van der Waals surface area contributed by atoms with E-state index in [0.29, 0.717) is 19.7 Å². The monoisotopic (exact) mass is 313 g/mol. The van der Waals surface area contributed by atoms with E-state index < -0.39 is 0 Å². The molecule has 3 heterocycles. The van der Waals surface area contributed by atoms with Crippen molar-refractivity contribution in [2.75, 3.05) is 19.7 Å². The first-order chi connectivity index (χ1) is 11.2. The zero-order valence-electron chi connectivity index (χ0n) is 13.1. The lowest BCUT2D eigenvalue weighted by atomic mass is 10.1. The summed E-state index contributed by atoms with van der Waals surface area (Å²) in [6.45, 7) is 3.61. The second-order valence-corrected chi connectivity index (χ2v) is 5.51. The lowest BCUT2D eigenvalue weighted by molar-refractivity contribution is -0.0250. The van der Waals surface area contributed by atoms with E-state index >= 15 is 0 Å². The zero-order valence-corrected chi connectivity index (χ0v) is 13.1. The molecule has 0 unspecified atom stereocenters. The van der Waals surface area contributed by atoms with E-state index in [4.69, 9.17) is 4.74 Å². The Morgan fingerprint density at radius 3 is 2.91 bits per heavy atom. The van der Waals surface area contributed by atoms with Gasteiger partial charge in [-0.15, -0.1) is 0 Å². The highest BCUT2D eigenvalue weighted by Crippen LogP contribution is 2.13. The number of carbonyl (C=O) groups is 1. The molecule has 1 atom stereocenters. The molecular weight excluding hydrogens is 294 g/mol. The summed E-state index contributed by atoms with van der Waals surface area (Å²) in [5.74, 6) is 0.0938. The van der Waals surface area contributed by atoms with Crippen molar-refractivity contribution in [3.63, 3.8) is 0 Å². The first kappa shape index (κ1) is 15.5. The standard InChI is InChI=1S/C16H19N5O2/c1-12-9-13(20-11-19-12)3-4-14-10-21(7-8-23-14)16(22)15-17-5-2-6-18-15/h2,5-6,9,11,14H,3-4,7-8,10H2,1H3/t14-/m1/s1. The van der Waals surface area contributed by atoms with Gasteiger partial charge in [0.25, 0.3) is 5.91 Å². The van der Waals surface area contributed by atoms with E-state index in [9.17, 15) is 4.79 Å². The Labute approximate surface area is 134 Å². The predicted molar refractivity (Wildman–Crippen MR) is 82.8 cm³/mol. The number of aromatic nitrogens is 4. The minimum absolute atomic E-state index is 0.00619. The Bertz CT molecular complexity index is 665. The maximum absolute atomic E-state index is 12.4. The van der Waals surface area contributed by atoms with Gasteiger partial charge in [0.05, 0.1) is 12.7 Å². The Kier molecular flexibility index (Phi) is 4.87. The summed E-state index contributed by atoms with van der Waals surface area (Å²) in [5.41, 5.74) is 1.95. The number of hydrogen-bond donors (Lipinski definition) is 0. The molecule has 1 aliphatic rings. The van der Waals surface area contributed by atoms with Gasteiger partial charge >= 0.3 is 0 Å².